The Labute approximate surface area is 176 Å². The zero-order valence-corrected chi connectivity index (χ0v) is 16.7. The molecule has 4 aromatic rings. The van der Waals surface area contributed by atoms with Crippen LogP contribution >= 0.6 is 11.3 Å². The molecule has 0 aliphatic rings. The quantitative estimate of drug-likeness (QED) is 0.187. The average Bonchev–Trinajstić information content (AvgIpc) is 3.07. The number of phenols is 5. The minimum atomic E-state index is -0.993. The molecule has 4 rings (SSSR count). The van der Waals surface area contributed by atoms with Crippen LogP contribution in [0.1, 0.15) is 16.0 Å². The molecule has 0 bridgehead atoms. The fraction of sp³-hybridized carbons (Fsp3) is 0.0435. The lowest BCUT2D eigenvalue weighted by Crippen LogP contribution is -1.92. The summed E-state index contributed by atoms with van der Waals surface area (Å²) in [5.74, 6) is -4.38. The number of thiophene rings is 1. The number of aromatic hydroxyl groups is 5. The molecule has 0 amide bonds. The van der Waals surface area contributed by atoms with Crippen molar-refractivity contribution in [2.75, 3.05) is 5.32 Å². The van der Waals surface area contributed by atoms with Crippen LogP contribution in [0.4, 0.5) is 11.4 Å². The molecule has 3 aromatic carbocycles. The molecule has 0 unspecified atom stereocenters. The zero-order chi connectivity index (χ0) is 21.4. The molecule has 152 valence electrons. The summed E-state index contributed by atoms with van der Waals surface area (Å²) in [5.41, 5.74) is 2.34. The van der Waals surface area contributed by atoms with Crippen LogP contribution in [0.25, 0.3) is 22.2 Å². The largest absolute Gasteiger partial charge is 0.503 e. The Bertz CT molecular complexity index is 1250. The number of aryl methyl sites for hydroxylation is 1. The maximum atomic E-state index is 10.1. The Morgan fingerprint density at radius 1 is 0.767 bits per heavy atom. The number of rotatable bonds is 4. The summed E-state index contributed by atoms with van der Waals surface area (Å²) in [6.45, 7) is 2.04. The van der Waals surface area contributed by atoms with E-state index in [0.717, 1.165) is 26.1 Å². The second-order valence-electron chi connectivity index (χ2n) is 6.77. The van der Waals surface area contributed by atoms with E-state index in [9.17, 15) is 25.5 Å². The van der Waals surface area contributed by atoms with E-state index in [2.05, 4.69) is 5.32 Å². The third kappa shape index (κ3) is 3.35. The van der Waals surface area contributed by atoms with E-state index in [1.165, 1.54) is 0 Å². The maximum absolute atomic E-state index is 10.1. The molecule has 0 saturated heterocycles. The average molecular weight is 421 g/mol. The summed E-state index contributed by atoms with van der Waals surface area (Å²) in [6, 6.07) is 15.5. The highest BCUT2D eigenvalue weighted by molar-refractivity contribution is 7.19. The van der Waals surface area contributed by atoms with Crippen LogP contribution in [0.3, 0.4) is 0 Å². The normalized spacial score (nSPS) is 11.4. The molecule has 0 spiro atoms. The van der Waals surface area contributed by atoms with Crippen LogP contribution in [0, 0.1) is 6.92 Å². The number of phenolic OH excluding ortho intramolecular Hbond substituents is 5. The van der Waals surface area contributed by atoms with Crippen molar-refractivity contribution in [3.05, 3.63) is 64.5 Å². The third-order valence-electron chi connectivity index (χ3n) is 4.79. The Morgan fingerprint density at radius 3 is 2.07 bits per heavy atom. The zero-order valence-electron chi connectivity index (χ0n) is 15.9. The predicted octanol–water partition coefficient (Wildman–Crippen LogP) is 5.65. The van der Waals surface area contributed by atoms with Crippen molar-refractivity contribution in [1.82, 2.24) is 0 Å². The summed E-state index contributed by atoms with van der Waals surface area (Å²) in [6.07, 6.45) is 4.07. The summed E-state index contributed by atoms with van der Waals surface area (Å²) >= 11 is 1.65. The highest BCUT2D eigenvalue weighted by atomic mass is 32.1. The molecule has 1 aromatic heterocycles. The molecule has 1 heterocycles. The molecule has 0 aliphatic heterocycles. The number of nitrogens with one attached hydrogen (secondary N) is 1. The third-order valence-corrected chi connectivity index (χ3v) is 5.90. The number of benzene rings is 3. The topological polar surface area (TPSA) is 113 Å². The van der Waals surface area contributed by atoms with Gasteiger partial charge >= 0.3 is 0 Å². The lowest BCUT2D eigenvalue weighted by molar-refractivity contribution is 0.330. The summed E-state index contributed by atoms with van der Waals surface area (Å²) in [5, 5.41) is 53.0. The number of hydrogen-bond acceptors (Lipinski definition) is 7. The molecule has 6 N–H and O–H groups in total. The van der Waals surface area contributed by atoms with Crippen molar-refractivity contribution in [3.8, 4) is 28.7 Å². The van der Waals surface area contributed by atoms with E-state index in [0.29, 0.717) is 5.69 Å². The standard InChI is InChI=1S/C23H19NO5S/c1-12-15(9-7-13-5-3-2-4-6-13)16-11-14(8-10-17(16)30-12)24-18-19(25)21(27)23(29)22(28)20(18)26/h2-11,24-29H,1H3/b9-7-. The van der Waals surface area contributed by atoms with E-state index >= 15 is 0 Å². The Morgan fingerprint density at radius 2 is 1.40 bits per heavy atom. The van der Waals surface area contributed by atoms with Crippen LogP contribution in [-0.2, 0) is 0 Å². The summed E-state index contributed by atoms with van der Waals surface area (Å²) < 4.78 is 1.07. The van der Waals surface area contributed by atoms with E-state index in [1.54, 1.807) is 17.4 Å². The second-order valence-corrected chi connectivity index (χ2v) is 8.03. The van der Waals surface area contributed by atoms with Crippen LogP contribution in [0.15, 0.2) is 48.5 Å². The van der Waals surface area contributed by atoms with Crippen molar-refractivity contribution in [3.63, 3.8) is 0 Å². The summed E-state index contributed by atoms with van der Waals surface area (Å²) in [7, 11) is 0. The van der Waals surface area contributed by atoms with Crippen LogP contribution in [0.2, 0.25) is 0 Å². The molecule has 0 atom stereocenters. The van der Waals surface area contributed by atoms with Gasteiger partial charge in [-0.1, -0.05) is 42.5 Å². The van der Waals surface area contributed by atoms with E-state index in [-0.39, 0.29) is 5.69 Å². The lowest BCUT2D eigenvalue weighted by Gasteiger charge is -2.14. The molecule has 0 radical (unpaired) electrons. The van der Waals surface area contributed by atoms with Gasteiger partial charge in [0.05, 0.1) is 0 Å². The first-order chi connectivity index (χ1) is 14.4. The molecular weight excluding hydrogens is 402 g/mol. The first-order valence-electron chi connectivity index (χ1n) is 9.09. The Kier molecular flexibility index (Phi) is 4.89. The van der Waals surface area contributed by atoms with Crippen LogP contribution in [-0.4, -0.2) is 25.5 Å². The van der Waals surface area contributed by atoms with Crippen molar-refractivity contribution in [2.24, 2.45) is 0 Å². The van der Waals surface area contributed by atoms with Gasteiger partial charge in [-0.3, -0.25) is 0 Å². The molecule has 30 heavy (non-hydrogen) atoms. The molecular formula is C23H19NO5S. The Hall–Kier alpha value is -3.84. The van der Waals surface area contributed by atoms with Gasteiger partial charge in [0.25, 0.3) is 0 Å². The van der Waals surface area contributed by atoms with Gasteiger partial charge in [0.2, 0.25) is 17.2 Å². The fourth-order valence-electron chi connectivity index (χ4n) is 3.22. The molecule has 0 saturated carbocycles. The van der Waals surface area contributed by atoms with Gasteiger partial charge in [-0.2, -0.15) is 0 Å². The van der Waals surface area contributed by atoms with Gasteiger partial charge in [0.1, 0.15) is 5.69 Å². The van der Waals surface area contributed by atoms with Gasteiger partial charge in [-0.25, -0.2) is 0 Å². The molecule has 7 heteroatoms. The fourth-order valence-corrected chi connectivity index (χ4v) is 4.25. The summed E-state index contributed by atoms with van der Waals surface area (Å²) in [4.78, 5) is 1.14. The molecule has 0 aliphatic carbocycles. The highest BCUT2D eigenvalue weighted by Crippen LogP contribution is 2.54. The SMILES string of the molecule is Cc1sc2ccc(Nc3c(O)c(O)c(O)c(O)c3O)cc2c1/C=C\c1ccccc1. The first-order valence-corrected chi connectivity index (χ1v) is 9.90. The van der Waals surface area contributed by atoms with E-state index < -0.39 is 28.7 Å². The predicted molar refractivity (Wildman–Crippen MR) is 120 cm³/mol. The Balaban J connectivity index is 1.75. The highest BCUT2D eigenvalue weighted by Gasteiger charge is 2.23. The molecule has 6 nitrogen and oxygen atoms in total. The smallest absolute Gasteiger partial charge is 0.208 e. The number of anilines is 2. The van der Waals surface area contributed by atoms with Crippen molar-refractivity contribution >= 4 is 44.9 Å². The van der Waals surface area contributed by atoms with Crippen molar-refractivity contribution in [2.45, 2.75) is 6.92 Å². The van der Waals surface area contributed by atoms with Crippen molar-refractivity contribution in [1.29, 1.82) is 0 Å². The van der Waals surface area contributed by atoms with Crippen molar-refractivity contribution < 1.29 is 25.5 Å². The lowest BCUT2D eigenvalue weighted by atomic mass is 10.1. The second kappa shape index (κ2) is 7.53. The first kappa shape index (κ1) is 19.5. The maximum Gasteiger partial charge on any atom is 0.208 e. The van der Waals surface area contributed by atoms with Gasteiger partial charge in [-0.05, 0) is 36.2 Å². The van der Waals surface area contributed by atoms with Gasteiger partial charge in [-0.15, -0.1) is 11.3 Å². The van der Waals surface area contributed by atoms with Gasteiger partial charge < -0.3 is 30.8 Å². The minimum Gasteiger partial charge on any atom is -0.503 e. The minimum absolute atomic E-state index is 0.310. The van der Waals surface area contributed by atoms with E-state index in [1.807, 2.05) is 61.5 Å². The van der Waals surface area contributed by atoms with Crippen LogP contribution in [0.5, 0.6) is 28.7 Å². The van der Waals surface area contributed by atoms with Gasteiger partial charge in [0, 0.05) is 20.7 Å². The monoisotopic (exact) mass is 421 g/mol. The molecule has 0 fully saturated rings. The van der Waals surface area contributed by atoms with E-state index in [4.69, 9.17) is 0 Å². The van der Waals surface area contributed by atoms with Crippen LogP contribution < -0.4 is 5.32 Å². The number of fused-ring (bicyclic) bond motifs is 1. The van der Waals surface area contributed by atoms with Gasteiger partial charge in [0.15, 0.2) is 11.5 Å². The number of hydrogen-bond donors (Lipinski definition) is 6.